The largest absolute Gasteiger partial charge is 0.292 e. The van der Waals surface area contributed by atoms with Crippen LogP contribution in [-0.2, 0) is 9.59 Å². The van der Waals surface area contributed by atoms with E-state index in [-0.39, 0.29) is 11.8 Å². The third-order valence-corrected chi connectivity index (χ3v) is 9.77. The Morgan fingerprint density at radius 1 is 0.595 bits per heavy atom. The Hall–Kier alpha value is -3.62. The van der Waals surface area contributed by atoms with Gasteiger partial charge in [0.15, 0.2) is 0 Å². The van der Waals surface area contributed by atoms with E-state index < -0.39 is 0 Å². The summed E-state index contributed by atoms with van der Waals surface area (Å²) in [4.78, 5) is 44.3. The zero-order valence-corrected chi connectivity index (χ0v) is 25.9. The van der Waals surface area contributed by atoms with Crippen LogP contribution in [0.2, 0.25) is 0 Å². The molecule has 8 heteroatoms. The van der Waals surface area contributed by atoms with Crippen LogP contribution in [0.15, 0.2) is 59.3 Å². The highest BCUT2D eigenvalue weighted by Gasteiger charge is 2.43. The number of carbonyl (C=O) groups excluding carboxylic acids is 2. The number of pyridine rings is 2. The molecule has 0 aromatic carbocycles. The first-order valence-corrected chi connectivity index (χ1v) is 16.9. The van der Waals surface area contributed by atoms with Crippen LogP contribution in [0.25, 0.3) is 32.3 Å². The van der Waals surface area contributed by atoms with E-state index in [9.17, 15) is 9.59 Å². The van der Waals surface area contributed by atoms with Gasteiger partial charge in [-0.1, -0.05) is 64.5 Å². The lowest BCUT2D eigenvalue weighted by Crippen LogP contribution is -2.30. The van der Waals surface area contributed by atoms with Gasteiger partial charge in [-0.3, -0.25) is 19.4 Å². The number of anilines is 2. The number of fused-ring (bicyclic) bond motifs is 2. The van der Waals surface area contributed by atoms with Crippen molar-refractivity contribution in [3.8, 4) is 21.1 Å². The molecular weight excluding hydrogens is 561 g/mol. The van der Waals surface area contributed by atoms with E-state index in [2.05, 4.69) is 13.8 Å². The number of carbonyl (C=O) groups is 2. The van der Waals surface area contributed by atoms with E-state index >= 15 is 0 Å². The summed E-state index contributed by atoms with van der Waals surface area (Å²) in [5, 5.41) is 4.07. The van der Waals surface area contributed by atoms with E-state index in [0.29, 0.717) is 35.9 Å². The van der Waals surface area contributed by atoms with Crippen LogP contribution < -0.4 is 9.80 Å². The average molecular weight is 597 g/mol. The summed E-state index contributed by atoms with van der Waals surface area (Å²) in [5.74, 6) is 1.04. The average Bonchev–Trinajstić information content (AvgIpc) is 3.81. The first-order chi connectivity index (χ1) is 20.6. The van der Waals surface area contributed by atoms with Crippen LogP contribution >= 0.6 is 22.7 Å². The number of rotatable bonds is 12. The van der Waals surface area contributed by atoms with Crippen molar-refractivity contribution in [2.45, 2.75) is 65.2 Å². The summed E-state index contributed by atoms with van der Waals surface area (Å²) in [5.41, 5.74) is 4.08. The van der Waals surface area contributed by atoms with Gasteiger partial charge in [-0.25, -0.2) is 9.97 Å². The van der Waals surface area contributed by atoms with Crippen LogP contribution in [0, 0.1) is 0 Å². The lowest BCUT2D eigenvalue weighted by atomic mass is 9.97. The number of amides is 2. The Balaban J connectivity index is 1.46. The summed E-state index contributed by atoms with van der Waals surface area (Å²) in [6, 6.07) is 16.0. The summed E-state index contributed by atoms with van der Waals surface area (Å²) in [6.07, 6.45) is 8.40. The number of aromatic nitrogens is 2. The van der Waals surface area contributed by atoms with Crippen molar-refractivity contribution in [3.05, 3.63) is 70.4 Å². The van der Waals surface area contributed by atoms with Crippen LogP contribution in [0.3, 0.4) is 0 Å². The molecule has 216 valence electrons. The van der Waals surface area contributed by atoms with Gasteiger partial charge >= 0.3 is 0 Å². The molecule has 0 N–H and O–H groups in total. The Morgan fingerprint density at radius 2 is 1.05 bits per heavy atom. The van der Waals surface area contributed by atoms with Crippen molar-refractivity contribution < 1.29 is 9.59 Å². The van der Waals surface area contributed by atoms with Gasteiger partial charge in [0.2, 0.25) is 0 Å². The van der Waals surface area contributed by atoms with Gasteiger partial charge < -0.3 is 0 Å². The second kappa shape index (κ2) is 12.7. The Bertz CT molecular complexity index is 1490. The fourth-order valence-corrected chi connectivity index (χ4v) is 7.20. The smallest absolute Gasteiger partial charge is 0.261 e. The standard InChI is InChI=1S/C34H36N4O2S2/c1-3-5-7-9-19-37-31-23(15-17-25(35-31)27-13-11-21-41-27)29(33(37)39)30-24-16-18-26(28-14-12-22-42-28)36-32(24)38(34(30)40)20-10-8-6-4-2/h11-18,21-22H,3-10,19-20H2,1-2H3/b30-29-. The predicted molar refractivity (Wildman–Crippen MR) is 175 cm³/mol. The molecule has 0 radical (unpaired) electrons. The molecule has 4 aromatic heterocycles. The fraction of sp³-hybridized carbons (Fsp3) is 0.353. The van der Waals surface area contributed by atoms with E-state index in [1.807, 2.05) is 59.3 Å². The molecule has 0 unspecified atom stereocenters. The fourth-order valence-electron chi connectivity index (χ4n) is 5.81. The van der Waals surface area contributed by atoms with E-state index in [0.717, 1.165) is 83.6 Å². The SMILES string of the molecule is CCCCCCN1C(=O)/C(=C2\C(=O)N(CCCCCC)c3nc(-c4cccs4)ccc32)c2ccc(-c3cccs3)nc21. The van der Waals surface area contributed by atoms with Gasteiger partial charge in [-0.2, -0.15) is 0 Å². The normalized spacial score (nSPS) is 16.0. The van der Waals surface area contributed by atoms with Gasteiger partial charge in [-0.15, -0.1) is 22.7 Å². The third-order valence-electron chi connectivity index (χ3n) is 7.99. The van der Waals surface area contributed by atoms with Crippen LogP contribution in [-0.4, -0.2) is 34.9 Å². The van der Waals surface area contributed by atoms with Crippen molar-refractivity contribution in [2.24, 2.45) is 0 Å². The summed E-state index contributed by atoms with van der Waals surface area (Å²) < 4.78 is 0. The monoisotopic (exact) mass is 596 g/mol. The lowest BCUT2D eigenvalue weighted by Gasteiger charge is -2.17. The molecule has 0 fully saturated rings. The third kappa shape index (κ3) is 5.34. The maximum Gasteiger partial charge on any atom is 0.261 e. The van der Waals surface area contributed by atoms with Gasteiger partial charge in [0, 0.05) is 24.2 Å². The van der Waals surface area contributed by atoms with Crippen molar-refractivity contribution in [1.82, 2.24) is 9.97 Å². The van der Waals surface area contributed by atoms with E-state index in [1.54, 1.807) is 32.5 Å². The van der Waals surface area contributed by atoms with Crippen molar-refractivity contribution in [3.63, 3.8) is 0 Å². The maximum absolute atomic E-state index is 14.3. The van der Waals surface area contributed by atoms with E-state index in [1.165, 1.54) is 0 Å². The highest BCUT2D eigenvalue weighted by atomic mass is 32.1. The van der Waals surface area contributed by atoms with E-state index in [4.69, 9.17) is 9.97 Å². The van der Waals surface area contributed by atoms with Crippen molar-refractivity contribution in [2.75, 3.05) is 22.9 Å². The summed E-state index contributed by atoms with van der Waals surface area (Å²) >= 11 is 3.26. The topological polar surface area (TPSA) is 66.4 Å². The number of hydrogen-bond acceptors (Lipinski definition) is 6. The molecule has 2 amide bonds. The molecule has 4 aromatic rings. The number of hydrogen-bond donors (Lipinski definition) is 0. The number of nitrogens with zero attached hydrogens (tertiary/aromatic N) is 4. The predicted octanol–water partition coefficient (Wildman–Crippen LogP) is 8.70. The number of thiophene rings is 2. The summed E-state index contributed by atoms with van der Waals surface area (Å²) in [7, 11) is 0. The molecule has 0 bridgehead atoms. The lowest BCUT2D eigenvalue weighted by molar-refractivity contribution is -0.114. The molecular formula is C34H36N4O2S2. The molecule has 0 spiro atoms. The number of unbranched alkanes of at least 4 members (excludes halogenated alkanes) is 6. The zero-order valence-electron chi connectivity index (χ0n) is 24.3. The molecule has 0 aliphatic carbocycles. The highest BCUT2D eigenvalue weighted by Crippen LogP contribution is 2.47. The van der Waals surface area contributed by atoms with Crippen molar-refractivity contribution >= 4 is 57.3 Å². The van der Waals surface area contributed by atoms with Crippen LogP contribution in [0.5, 0.6) is 0 Å². The van der Waals surface area contributed by atoms with Gasteiger partial charge in [0.1, 0.15) is 11.6 Å². The second-order valence-corrected chi connectivity index (χ2v) is 12.8. The molecule has 6 heterocycles. The van der Waals surface area contributed by atoms with Gasteiger partial charge in [0.05, 0.1) is 32.3 Å². The first-order valence-electron chi connectivity index (χ1n) is 15.1. The molecule has 6 nitrogen and oxygen atoms in total. The van der Waals surface area contributed by atoms with Crippen LogP contribution in [0.4, 0.5) is 11.6 Å². The molecule has 0 saturated carbocycles. The Morgan fingerprint density at radius 3 is 1.43 bits per heavy atom. The zero-order chi connectivity index (χ0) is 29.1. The Kier molecular flexibility index (Phi) is 8.63. The minimum atomic E-state index is -0.137. The van der Waals surface area contributed by atoms with Crippen molar-refractivity contribution in [1.29, 1.82) is 0 Å². The quantitative estimate of drug-likeness (QED) is 0.121. The molecule has 42 heavy (non-hydrogen) atoms. The molecule has 2 aliphatic heterocycles. The molecule has 2 aliphatic rings. The molecule has 0 atom stereocenters. The second-order valence-electron chi connectivity index (χ2n) is 10.9. The minimum absolute atomic E-state index is 0.137. The maximum atomic E-state index is 14.3. The Labute approximate surface area is 255 Å². The first kappa shape index (κ1) is 28.5. The minimum Gasteiger partial charge on any atom is -0.292 e. The molecule has 6 rings (SSSR count). The van der Waals surface area contributed by atoms with Crippen LogP contribution in [0.1, 0.15) is 76.3 Å². The van der Waals surface area contributed by atoms with Gasteiger partial charge in [0.25, 0.3) is 11.8 Å². The van der Waals surface area contributed by atoms with Gasteiger partial charge in [-0.05, 0) is 60.0 Å². The summed E-state index contributed by atoms with van der Waals surface area (Å²) in [6.45, 7) is 5.53. The molecule has 0 saturated heterocycles. The highest BCUT2D eigenvalue weighted by molar-refractivity contribution is 7.13.